The van der Waals surface area contributed by atoms with Gasteiger partial charge in [-0.15, -0.1) is 0 Å². The van der Waals surface area contributed by atoms with Crippen LogP contribution in [0.25, 0.3) is 0 Å². The van der Waals surface area contributed by atoms with Crippen molar-refractivity contribution in [1.82, 2.24) is 4.98 Å². The number of aromatic nitrogens is 1. The zero-order chi connectivity index (χ0) is 9.84. The third-order valence-electron chi connectivity index (χ3n) is 1.64. The molecule has 1 aromatic heterocycles. The number of aliphatic hydroxyl groups excluding tert-OH is 1. The van der Waals surface area contributed by atoms with Gasteiger partial charge < -0.3 is 15.9 Å². The van der Waals surface area contributed by atoms with E-state index in [9.17, 15) is 4.79 Å². The lowest BCUT2D eigenvalue weighted by Gasteiger charge is -2.09. The van der Waals surface area contributed by atoms with Gasteiger partial charge in [-0.3, -0.25) is 0 Å². The zero-order valence-corrected chi connectivity index (χ0v) is 6.84. The Hall–Kier alpha value is -1.46. The molecule has 0 aromatic carbocycles. The van der Waals surface area contributed by atoms with Crippen molar-refractivity contribution in [2.45, 2.75) is 6.04 Å². The summed E-state index contributed by atoms with van der Waals surface area (Å²) >= 11 is 0. The van der Waals surface area contributed by atoms with Crippen LogP contribution in [-0.2, 0) is 0 Å². The maximum atomic E-state index is 10.6. The van der Waals surface area contributed by atoms with E-state index in [-0.39, 0.29) is 12.3 Å². The minimum atomic E-state index is -1.14. The second-order valence-electron chi connectivity index (χ2n) is 2.54. The van der Waals surface area contributed by atoms with Gasteiger partial charge in [-0.25, -0.2) is 9.78 Å². The van der Waals surface area contributed by atoms with Crippen molar-refractivity contribution in [2.75, 3.05) is 6.61 Å². The van der Waals surface area contributed by atoms with Crippen LogP contribution in [0.3, 0.4) is 0 Å². The fourth-order valence-electron chi connectivity index (χ4n) is 0.994. The SMILES string of the molecule is N[C@@H](CO)c1cccnc1C(=O)O. The highest BCUT2D eigenvalue weighted by molar-refractivity contribution is 5.87. The fourth-order valence-corrected chi connectivity index (χ4v) is 0.994. The molecule has 0 radical (unpaired) electrons. The van der Waals surface area contributed by atoms with E-state index in [0.717, 1.165) is 0 Å². The molecule has 1 aromatic rings. The van der Waals surface area contributed by atoms with Gasteiger partial charge in [-0.05, 0) is 6.07 Å². The Morgan fingerprint density at radius 2 is 2.38 bits per heavy atom. The summed E-state index contributed by atoms with van der Waals surface area (Å²) in [5, 5.41) is 17.5. The van der Waals surface area contributed by atoms with Crippen LogP contribution in [0.15, 0.2) is 18.3 Å². The Morgan fingerprint density at radius 3 is 2.92 bits per heavy atom. The van der Waals surface area contributed by atoms with Crippen molar-refractivity contribution in [1.29, 1.82) is 0 Å². The number of carbonyl (C=O) groups is 1. The summed E-state index contributed by atoms with van der Waals surface area (Å²) in [5.74, 6) is -1.14. The normalized spacial score (nSPS) is 12.5. The van der Waals surface area contributed by atoms with E-state index in [4.69, 9.17) is 15.9 Å². The Kier molecular flexibility index (Phi) is 2.94. The van der Waals surface area contributed by atoms with Crippen LogP contribution in [0.1, 0.15) is 22.1 Å². The third-order valence-corrected chi connectivity index (χ3v) is 1.64. The van der Waals surface area contributed by atoms with Crippen molar-refractivity contribution in [3.05, 3.63) is 29.6 Å². The van der Waals surface area contributed by atoms with Gasteiger partial charge in [0.25, 0.3) is 0 Å². The first-order valence-electron chi connectivity index (χ1n) is 3.71. The predicted octanol–water partition coefficient (Wildman–Crippen LogP) is -0.228. The van der Waals surface area contributed by atoms with Crippen molar-refractivity contribution in [3.63, 3.8) is 0 Å². The average molecular weight is 182 g/mol. The molecular weight excluding hydrogens is 172 g/mol. The van der Waals surface area contributed by atoms with Crippen LogP contribution < -0.4 is 5.73 Å². The lowest BCUT2D eigenvalue weighted by molar-refractivity contribution is 0.0688. The molecule has 0 amide bonds. The lowest BCUT2D eigenvalue weighted by Crippen LogP contribution is -2.19. The molecule has 5 nitrogen and oxygen atoms in total. The highest BCUT2D eigenvalue weighted by Crippen LogP contribution is 2.12. The van der Waals surface area contributed by atoms with Crippen LogP contribution in [0.5, 0.6) is 0 Å². The summed E-state index contributed by atoms with van der Waals surface area (Å²) in [6, 6.07) is 2.43. The number of hydrogen-bond donors (Lipinski definition) is 3. The number of nitrogens with zero attached hydrogens (tertiary/aromatic N) is 1. The Labute approximate surface area is 74.8 Å². The van der Waals surface area contributed by atoms with Gasteiger partial charge in [-0.1, -0.05) is 6.07 Å². The molecule has 0 bridgehead atoms. The molecule has 0 aliphatic rings. The first-order valence-corrected chi connectivity index (χ1v) is 3.71. The van der Waals surface area contributed by atoms with E-state index in [1.165, 1.54) is 12.3 Å². The number of nitrogens with two attached hydrogens (primary N) is 1. The second-order valence-corrected chi connectivity index (χ2v) is 2.54. The number of rotatable bonds is 3. The molecule has 1 heterocycles. The van der Waals surface area contributed by atoms with E-state index >= 15 is 0 Å². The minimum absolute atomic E-state index is 0.107. The summed E-state index contributed by atoms with van der Waals surface area (Å²) in [5.41, 5.74) is 5.72. The number of hydrogen-bond acceptors (Lipinski definition) is 4. The fraction of sp³-hybridized carbons (Fsp3) is 0.250. The number of carboxylic acids is 1. The number of aliphatic hydroxyl groups is 1. The average Bonchev–Trinajstić information content (AvgIpc) is 2.16. The highest BCUT2D eigenvalue weighted by Gasteiger charge is 2.15. The third kappa shape index (κ3) is 2.01. The summed E-state index contributed by atoms with van der Waals surface area (Å²) in [6.07, 6.45) is 1.37. The van der Waals surface area contributed by atoms with Crippen molar-refractivity contribution < 1.29 is 15.0 Å². The molecule has 0 aliphatic heterocycles. The summed E-state index contributed by atoms with van der Waals surface area (Å²) in [4.78, 5) is 14.3. The molecule has 0 aliphatic carbocycles. The minimum Gasteiger partial charge on any atom is -0.477 e. The van der Waals surface area contributed by atoms with E-state index in [1.54, 1.807) is 6.07 Å². The topological polar surface area (TPSA) is 96.4 Å². The molecule has 1 rings (SSSR count). The number of carboxylic acid groups (broad SMARTS) is 1. The Bertz CT molecular complexity index is 314. The molecule has 0 spiro atoms. The van der Waals surface area contributed by atoms with Gasteiger partial charge in [0.2, 0.25) is 0 Å². The Morgan fingerprint density at radius 1 is 1.69 bits per heavy atom. The van der Waals surface area contributed by atoms with Crippen LogP contribution in [-0.4, -0.2) is 27.8 Å². The number of pyridine rings is 1. The quantitative estimate of drug-likeness (QED) is 0.600. The predicted molar refractivity (Wildman–Crippen MR) is 45.2 cm³/mol. The maximum Gasteiger partial charge on any atom is 0.354 e. The largest absolute Gasteiger partial charge is 0.477 e. The summed E-state index contributed by atoms with van der Waals surface area (Å²) in [7, 11) is 0. The van der Waals surface area contributed by atoms with Gasteiger partial charge in [0.15, 0.2) is 5.69 Å². The van der Waals surface area contributed by atoms with Gasteiger partial charge in [0.05, 0.1) is 12.6 Å². The first kappa shape index (κ1) is 9.63. The molecule has 0 saturated heterocycles. The second kappa shape index (κ2) is 3.97. The van der Waals surface area contributed by atoms with Crippen LogP contribution in [0.2, 0.25) is 0 Å². The highest BCUT2D eigenvalue weighted by atomic mass is 16.4. The first-order chi connectivity index (χ1) is 6.16. The number of aromatic carboxylic acids is 1. The van der Waals surface area contributed by atoms with Gasteiger partial charge in [0, 0.05) is 11.8 Å². The molecule has 4 N–H and O–H groups in total. The summed E-state index contributed by atoms with van der Waals surface area (Å²) in [6.45, 7) is -0.300. The molecule has 1 atom stereocenters. The lowest BCUT2D eigenvalue weighted by atomic mass is 10.1. The van der Waals surface area contributed by atoms with E-state index in [0.29, 0.717) is 5.56 Å². The monoisotopic (exact) mass is 182 g/mol. The van der Waals surface area contributed by atoms with Crippen LogP contribution in [0.4, 0.5) is 0 Å². The van der Waals surface area contributed by atoms with Crippen molar-refractivity contribution in [2.24, 2.45) is 5.73 Å². The summed E-state index contributed by atoms with van der Waals surface area (Å²) < 4.78 is 0. The molecule has 13 heavy (non-hydrogen) atoms. The molecule has 0 saturated carbocycles. The smallest absolute Gasteiger partial charge is 0.354 e. The molecule has 0 unspecified atom stereocenters. The van der Waals surface area contributed by atoms with Crippen LogP contribution in [0, 0.1) is 0 Å². The Balaban J connectivity index is 3.11. The van der Waals surface area contributed by atoms with Gasteiger partial charge in [-0.2, -0.15) is 0 Å². The van der Waals surface area contributed by atoms with Crippen LogP contribution >= 0.6 is 0 Å². The van der Waals surface area contributed by atoms with E-state index < -0.39 is 12.0 Å². The van der Waals surface area contributed by atoms with E-state index in [2.05, 4.69) is 4.98 Å². The molecule has 0 fully saturated rings. The standard InChI is InChI=1S/C8H10N2O3/c9-6(4-11)5-2-1-3-10-7(5)8(12)13/h1-3,6,11H,4,9H2,(H,12,13)/t6-/m0/s1. The zero-order valence-electron chi connectivity index (χ0n) is 6.84. The van der Waals surface area contributed by atoms with Crippen molar-refractivity contribution in [3.8, 4) is 0 Å². The van der Waals surface area contributed by atoms with Gasteiger partial charge >= 0.3 is 5.97 Å². The molecule has 5 heteroatoms. The maximum absolute atomic E-state index is 10.6. The van der Waals surface area contributed by atoms with Crippen molar-refractivity contribution >= 4 is 5.97 Å². The van der Waals surface area contributed by atoms with E-state index in [1.807, 2.05) is 0 Å². The van der Waals surface area contributed by atoms with Gasteiger partial charge in [0.1, 0.15) is 0 Å². The molecule has 70 valence electrons. The molecular formula is C8H10N2O3.